The van der Waals surface area contributed by atoms with Crippen LogP contribution in [0.15, 0.2) is 18.2 Å². The summed E-state index contributed by atoms with van der Waals surface area (Å²) in [4.78, 5) is 0. The second kappa shape index (κ2) is 7.61. The Labute approximate surface area is 119 Å². The SMILES string of the molecule is CCOc1cccc(CCl)c1OCCC1CCCO1. The topological polar surface area (TPSA) is 27.7 Å². The van der Waals surface area contributed by atoms with Crippen LogP contribution in [0.25, 0.3) is 0 Å². The van der Waals surface area contributed by atoms with Crippen molar-refractivity contribution in [3.8, 4) is 11.5 Å². The molecular weight excluding hydrogens is 264 g/mol. The van der Waals surface area contributed by atoms with Crippen LogP contribution in [0.5, 0.6) is 11.5 Å². The summed E-state index contributed by atoms with van der Waals surface area (Å²) in [6, 6.07) is 5.83. The van der Waals surface area contributed by atoms with Gasteiger partial charge in [-0.15, -0.1) is 11.6 Å². The summed E-state index contributed by atoms with van der Waals surface area (Å²) in [5, 5.41) is 0. The smallest absolute Gasteiger partial charge is 0.165 e. The van der Waals surface area contributed by atoms with Gasteiger partial charge < -0.3 is 14.2 Å². The average Bonchev–Trinajstić information content (AvgIpc) is 2.93. The van der Waals surface area contributed by atoms with Crippen LogP contribution < -0.4 is 9.47 Å². The molecule has 4 heteroatoms. The van der Waals surface area contributed by atoms with Crippen molar-refractivity contribution in [1.29, 1.82) is 0 Å². The van der Waals surface area contributed by atoms with Gasteiger partial charge in [0, 0.05) is 18.6 Å². The van der Waals surface area contributed by atoms with Crippen LogP contribution in [-0.2, 0) is 10.6 Å². The van der Waals surface area contributed by atoms with E-state index in [1.807, 2.05) is 25.1 Å². The van der Waals surface area contributed by atoms with Gasteiger partial charge in [0.2, 0.25) is 0 Å². The highest BCUT2D eigenvalue weighted by Gasteiger charge is 2.16. The van der Waals surface area contributed by atoms with E-state index in [1.54, 1.807) is 0 Å². The lowest BCUT2D eigenvalue weighted by atomic mass is 10.2. The second-order valence-electron chi connectivity index (χ2n) is 4.58. The van der Waals surface area contributed by atoms with Crippen LogP contribution in [0.3, 0.4) is 0 Å². The molecule has 0 aliphatic carbocycles. The quantitative estimate of drug-likeness (QED) is 0.713. The molecule has 3 nitrogen and oxygen atoms in total. The minimum atomic E-state index is 0.346. The number of benzene rings is 1. The van der Waals surface area contributed by atoms with Gasteiger partial charge in [-0.2, -0.15) is 0 Å². The van der Waals surface area contributed by atoms with E-state index in [0.717, 1.165) is 42.9 Å². The third kappa shape index (κ3) is 4.02. The zero-order valence-electron chi connectivity index (χ0n) is 11.4. The molecular formula is C15H21ClO3. The van der Waals surface area contributed by atoms with E-state index in [9.17, 15) is 0 Å². The summed E-state index contributed by atoms with van der Waals surface area (Å²) in [6.45, 7) is 4.10. The van der Waals surface area contributed by atoms with Crippen molar-refractivity contribution in [3.05, 3.63) is 23.8 Å². The molecule has 0 bridgehead atoms. The van der Waals surface area contributed by atoms with E-state index < -0.39 is 0 Å². The Balaban J connectivity index is 1.96. The maximum Gasteiger partial charge on any atom is 0.165 e. The lowest BCUT2D eigenvalue weighted by molar-refractivity contribution is 0.0896. The first-order chi connectivity index (χ1) is 9.35. The highest BCUT2D eigenvalue weighted by molar-refractivity contribution is 6.17. The molecule has 0 aromatic heterocycles. The third-order valence-electron chi connectivity index (χ3n) is 3.21. The molecule has 1 aliphatic rings. The molecule has 0 radical (unpaired) electrons. The van der Waals surface area contributed by atoms with Crippen molar-refractivity contribution < 1.29 is 14.2 Å². The van der Waals surface area contributed by atoms with Crippen molar-refractivity contribution in [2.24, 2.45) is 0 Å². The Morgan fingerprint density at radius 3 is 2.95 bits per heavy atom. The number of rotatable bonds is 7. The molecule has 1 heterocycles. The Hall–Kier alpha value is -0.930. The standard InChI is InChI=1S/C15H21ClO3/c1-2-17-14-7-3-5-12(11-16)15(14)19-10-8-13-6-4-9-18-13/h3,5,7,13H,2,4,6,8-11H2,1H3. The summed E-state index contributed by atoms with van der Waals surface area (Å²) >= 11 is 5.95. The maximum atomic E-state index is 5.95. The summed E-state index contributed by atoms with van der Waals surface area (Å²) in [6.07, 6.45) is 3.56. The van der Waals surface area contributed by atoms with E-state index in [2.05, 4.69) is 0 Å². The van der Waals surface area contributed by atoms with Crippen LogP contribution in [0, 0.1) is 0 Å². The van der Waals surface area contributed by atoms with E-state index in [0.29, 0.717) is 25.2 Å². The molecule has 0 amide bonds. The van der Waals surface area contributed by atoms with Gasteiger partial charge >= 0.3 is 0 Å². The molecule has 1 aliphatic heterocycles. The first-order valence-electron chi connectivity index (χ1n) is 6.90. The zero-order valence-corrected chi connectivity index (χ0v) is 12.1. The highest BCUT2D eigenvalue weighted by atomic mass is 35.5. The fourth-order valence-electron chi connectivity index (χ4n) is 2.26. The monoisotopic (exact) mass is 284 g/mol. The lowest BCUT2D eigenvalue weighted by Crippen LogP contribution is -2.11. The summed E-state index contributed by atoms with van der Waals surface area (Å²) in [5.41, 5.74) is 0.972. The normalized spacial score (nSPS) is 18.5. The average molecular weight is 285 g/mol. The molecule has 1 saturated heterocycles. The molecule has 1 atom stereocenters. The molecule has 106 valence electrons. The fourth-order valence-corrected chi connectivity index (χ4v) is 2.47. The molecule has 1 aromatic rings. The maximum absolute atomic E-state index is 5.95. The Morgan fingerprint density at radius 1 is 1.37 bits per heavy atom. The van der Waals surface area contributed by atoms with Crippen LogP contribution >= 0.6 is 11.6 Å². The third-order valence-corrected chi connectivity index (χ3v) is 3.50. The summed E-state index contributed by atoms with van der Waals surface area (Å²) < 4.78 is 17.1. The Bertz CT molecular complexity index is 389. The Morgan fingerprint density at radius 2 is 2.26 bits per heavy atom. The van der Waals surface area contributed by atoms with Crippen LogP contribution in [0.1, 0.15) is 31.7 Å². The van der Waals surface area contributed by atoms with Crippen LogP contribution in [0.4, 0.5) is 0 Å². The van der Waals surface area contributed by atoms with Gasteiger partial charge in [0.25, 0.3) is 0 Å². The molecule has 1 fully saturated rings. The summed E-state index contributed by atoms with van der Waals surface area (Å²) in [5.74, 6) is 1.97. The number of para-hydroxylation sites is 1. The molecule has 1 aromatic carbocycles. The Kier molecular flexibility index (Phi) is 5.80. The van der Waals surface area contributed by atoms with E-state index in [4.69, 9.17) is 25.8 Å². The van der Waals surface area contributed by atoms with Crippen LogP contribution in [-0.4, -0.2) is 25.9 Å². The molecule has 0 spiro atoms. The fraction of sp³-hybridized carbons (Fsp3) is 0.600. The minimum Gasteiger partial charge on any atom is -0.490 e. The largest absolute Gasteiger partial charge is 0.490 e. The van der Waals surface area contributed by atoms with Crippen molar-refractivity contribution in [2.75, 3.05) is 19.8 Å². The van der Waals surface area contributed by atoms with Gasteiger partial charge in [-0.3, -0.25) is 0 Å². The van der Waals surface area contributed by atoms with Gasteiger partial charge in [-0.1, -0.05) is 12.1 Å². The molecule has 0 N–H and O–H groups in total. The van der Waals surface area contributed by atoms with Crippen molar-refractivity contribution in [2.45, 2.75) is 38.2 Å². The van der Waals surface area contributed by atoms with Crippen molar-refractivity contribution in [1.82, 2.24) is 0 Å². The van der Waals surface area contributed by atoms with E-state index in [-0.39, 0.29) is 0 Å². The minimum absolute atomic E-state index is 0.346. The first kappa shape index (κ1) is 14.5. The predicted octanol–water partition coefficient (Wildman–Crippen LogP) is 3.77. The lowest BCUT2D eigenvalue weighted by Gasteiger charge is -2.16. The number of alkyl halides is 1. The number of halogens is 1. The van der Waals surface area contributed by atoms with E-state index in [1.165, 1.54) is 0 Å². The zero-order chi connectivity index (χ0) is 13.5. The van der Waals surface area contributed by atoms with Crippen molar-refractivity contribution >= 4 is 11.6 Å². The molecule has 2 rings (SSSR count). The van der Waals surface area contributed by atoms with Crippen molar-refractivity contribution in [3.63, 3.8) is 0 Å². The van der Waals surface area contributed by atoms with Gasteiger partial charge in [0.05, 0.1) is 25.2 Å². The highest BCUT2D eigenvalue weighted by Crippen LogP contribution is 2.32. The second-order valence-corrected chi connectivity index (χ2v) is 4.85. The molecule has 0 saturated carbocycles. The van der Waals surface area contributed by atoms with Gasteiger partial charge in [-0.25, -0.2) is 0 Å². The molecule has 19 heavy (non-hydrogen) atoms. The van der Waals surface area contributed by atoms with Gasteiger partial charge in [0.1, 0.15) is 0 Å². The number of ether oxygens (including phenoxy) is 3. The van der Waals surface area contributed by atoms with E-state index >= 15 is 0 Å². The molecule has 1 unspecified atom stereocenters. The summed E-state index contributed by atoms with van der Waals surface area (Å²) in [7, 11) is 0. The number of hydrogen-bond donors (Lipinski definition) is 0. The number of hydrogen-bond acceptors (Lipinski definition) is 3. The predicted molar refractivity (Wildman–Crippen MR) is 76.3 cm³/mol. The van der Waals surface area contributed by atoms with Gasteiger partial charge in [-0.05, 0) is 25.8 Å². The van der Waals surface area contributed by atoms with Gasteiger partial charge in [0.15, 0.2) is 11.5 Å². The first-order valence-corrected chi connectivity index (χ1v) is 7.43. The van der Waals surface area contributed by atoms with Crippen LogP contribution in [0.2, 0.25) is 0 Å².